The predicted molar refractivity (Wildman–Crippen MR) is 74.9 cm³/mol. The van der Waals surface area contributed by atoms with Gasteiger partial charge in [-0.05, 0) is 36.8 Å². The van der Waals surface area contributed by atoms with Crippen molar-refractivity contribution in [1.82, 2.24) is 5.32 Å². The summed E-state index contributed by atoms with van der Waals surface area (Å²) < 4.78 is 5.16. The molecule has 0 spiro atoms. The van der Waals surface area contributed by atoms with Crippen LogP contribution in [0.3, 0.4) is 0 Å². The largest absolute Gasteiger partial charge is 0.413 e. The quantitative estimate of drug-likeness (QED) is 0.829. The van der Waals surface area contributed by atoms with E-state index in [4.69, 9.17) is 10.5 Å². The van der Waals surface area contributed by atoms with Crippen molar-refractivity contribution in [3.05, 3.63) is 60.2 Å². The zero-order valence-electron chi connectivity index (χ0n) is 10.7. The smallest absolute Gasteiger partial charge is 0.410 e. The number of carbonyl (C=O) groups is 1. The third kappa shape index (κ3) is 3.74. The SMILES string of the molecule is CC(NC(=O)Oc1ccccc1)c1ccc(N)cc1. The van der Waals surface area contributed by atoms with Crippen LogP contribution in [0.4, 0.5) is 10.5 Å². The minimum Gasteiger partial charge on any atom is -0.410 e. The first-order chi connectivity index (χ1) is 9.15. The summed E-state index contributed by atoms with van der Waals surface area (Å²) >= 11 is 0. The molecule has 4 nitrogen and oxygen atoms in total. The van der Waals surface area contributed by atoms with Crippen LogP contribution in [0.2, 0.25) is 0 Å². The molecule has 0 aliphatic rings. The first-order valence-electron chi connectivity index (χ1n) is 6.04. The second-order valence-corrected chi connectivity index (χ2v) is 4.24. The molecule has 0 radical (unpaired) electrons. The van der Waals surface area contributed by atoms with Crippen LogP contribution >= 0.6 is 0 Å². The molecule has 1 atom stereocenters. The molecule has 2 rings (SSSR count). The standard InChI is InChI=1S/C15H16N2O2/c1-11(12-7-9-13(16)10-8-12)17-15(18)19-14-5-3-2-4-6-14/h2-11H,16H2,1H3,(H,17,18). The molecular formula is C15H16N2O2. The molecule has 1 unspecified atom stereocenters. The van der Waals surface area contributed by atoms with Gasteiger partial charge in [-0.3, -0.25) is 0 Å². The van der Waals surface area contributed by atoms with Crippen molar-refractivity contribution in [2.75, 3.05) is 5.73 Å². The molecule has 98 valence electrons. The molecule has 0 bridgehead atoms. The minimum atomic E-state index is -0.476. The summed E-state index contributed by atoms with van der Waals surface area (Å²) in [5, 5.41) is 2.76. The topological polar surface area (TPSA) is 64.3 Å². The number of hydrogen-bond donors (Lipinski definition) is 2. The van der Waals surface area contributed by atoms with Crippen LogP contribution in [-0.4, -0.2) is 6.09 Å². The van der Waals surface area contributed by atoms with Crippen LogP contribution in [-0.2, 0) is 0 Å². The molecule has 4 heteroatoms. The van der Waals surface area contributed by atoms with Crippen molar-refractivity contribution in [2.24, 2.45) is 0 Å². The number of nitrogens with two attached hydrogens (primary N) is 1. The number of para-hydroxylation sites is 1. The number of carbonyl (C=O) groups excluding carboxylic acids is 1. The molecule has 0 aromatic heterocycles. The predicted octanol–water partition coefficient (Wildman–Crippen LogP) is 3.12. The van der Waals surface area contributed by atoms with Gasteiger partial charge in [-0.15, -0.1) is 0 Å². The van der Waals surface area contributed by atoms with Crippen LogP contribution in [0.1, 0.15) is 18.5 Å². The number of anilines is 1. The Labute approximate surface area is 112 Å². The van der Waals surface area contributed by atoms with Gasteiger partial charge in [-0.25, -0.2) is 4.79 Å². The lowest BCUT2D eigenvalue weighted by molar-refractivity contribution is 0.197. The number of ether oxygens (including phenoxy) is 1. The summed E-state index contributed by atoms with van der Waals surface area (Å²) in [6.07, 6.45) is -0.476. The summed E-state index contributed by atoms with van der Waals surface area (Å²) in [7, 11) is 0. The molecular weight excluding hydrogens is 240 g/mol. The van der Waals surface area contributed by atoms with E-state index in [9.17, 15) is 4.79 Å². The van der Waals surface area contributed by atoms with Gasteiger partial charge in [0, 0.05) is 5.69 Å². The molecule has 0 saturated heterocycles. The Balaban J connectivity index is 1.93. The summed E-state index contributed by atoms with van der Waals surface area (Å²) in [5.41, 5.74) is 7.29. The van der Waals surface area contributed by atoms with Crippen molar-refractivity contribution >= 4 is 11.8 Å². The van der Waals surface area contributed by atoms with Gasteiger partial charge in [-0.2, -0.15) is 0 Å². The van der Waals surface area contributed by atoms with E-state index in [0.717, 1.165) is 5.56 Å². The molecule has 2 aromatic carbocycles. The number of nitrogen functional groups attached to an aromatic ring is 1. The zero-order chi connectivity index (χ0) is 13.7. The average molecular weight is 256 g/mol. The highest BCUT2D eigenvalue weighted by atomic mass is 16.6. The van der Waals surface area contributed by atoms with Crippen molar-refractivity contribution in [3.8, 4) is 5.75 Å². The fourth-order valence-electron chi connectivity index (χ4n) is 1.67. The third-order valence-electron chi connectivity index (χ3n) is 2.72. The highest BCUT2D eigenvalue weighted by Crippen LogP contribution is 2.15. The summed E-state index contributed by atoms with van der Waals surface area (Å²) in [5.74, 6) is 0.518. The maximum atomic E-state index is 11.7. The van der Waals surface area contributed by atoms with E-state index in [-0.39, 0.29) is 6.04 Å². The van der Waals surface area contributed by atoms with Crippen LogP contribution in [0.5, 0.6) is 5.75 Å². The second kappa shape index (κ2) is 5.91. The van der Waals surface area contributed by atoms with Gasteiger partial charge in [0.2, 0.25) is 0 Å². The fourth-order valence-corrected chi connectivity index (χ4v) is 1.67. The molecule has 3 N–H and O–H groups in total. The zero-order valence-corrected chi connectivity index (χ0v) is 10.7. The Morgan fingerprint density at radius 3 is 2.37 bits per heavy atom. The molecule has 0 heterocycles. The normalized spacial score (nSPS) is 11.6. The lowest BCUT2D eigenvalue weighted by atomic mass is 10.1. The lowest BCUT2D eigenvalue weighted by Gasteiger charge is -2.14. The first-order valence-corrected chi connectivity index (χ1v) is 6.04. The van der Waals surface area contributed by atoms with Crippen LogP contribution < -0.4 is 15.8 Å². The molecule has 0 aliphatic carbocycles. The Morgan fingerprint density at radius 1 is 1.11 bits per heavy atom. The van der Waals surface area contributed by atoms with Crippen LogP contribution in [0.25, 0.3) is 0 Å². The molecule has 0 saturated carbocycles. The summed E-state index contributed by atoms with van der Waals surface area (Å²) in [6.45, 7) is 1.89. The highest BCUT2D eigenvalue weighted by molar-refractivity contribution is 5.70. The minimum absolute atomic E-state index is 0.142. The lowest BCUT2D eigenvalue weighted by Crippen LogP contribution is -2.29. The van der Waals surface area contributed by atoms with Gasteiger partial charge >= 0.3 is 6.09 Å². The number of nitrogens with one attached hydrogen (secondary N) is 1. The summed E-state index contributed by atoms with van der Waals surface area (Å²) in [6, 6.07) is 16.2. The van der Waals surface area contributed by atoms with Crippen molar-refractivity contribution in [3.63, 3.8) is 0 Å². The number of rotatable bonds is 3. The molecule has 1 amide bonds. The molecule has 19 heavy (non-hydrogen) atoms. The number of hydrogen-bond acceptors (Lipinski definition) is 3. The van der Waals surface area contributed by atoms with Gasteiger partial charge in [-0.1, -0.05) is 30.3 Å². The Kier molecular flexibility index (Phi) is 4.03. The maximum Gasteiger partial charge on any atom is 0.413 e. The monoisotopic (exact) mass is 256 g/mol. The van der Waals surface area contributed by atoms with E-state index in [2.05, 4.69) is 5.32 Å². The van der Waals surface area contributed by atoms with E-state index in [1.807, 2.05) is 37.3 Å². The van der Waals surface area contributed by atoms with E-state index in [1.54, 1.807) is 24.3 Å². The summed E-state index contributed by atoms with van der Waals surface area (Å²) in [4.78, 5) is 11.7. The van der Waals surface area contributed by atoms with Gasteiger partial charge in [0.25, 0.3) is 0 Å². The number of amides is 1. The van der Waals surface area contributed by atoms with Crippen molar-refractivity contribution < 1.29 is 9.53 Å². The third-order valence-corrected chi connectivity index (χ3v) is 2.72. The van der Waals surface area contributed by atoms with Crippen molar-refractivity contribution in [2.45, 2.75) is 13.0 Å². The fraction of sp³-hybridized carbons (Fsp3) is 0.133. The Morgan fingerprint density at radius 2 is 1.74 bits per heavy atom. The number of benzene rings is 2. The highest BCUT2D eigenvalue weighted by Gasteiger charge is 2.10. The van der Waals surface area contributed by atoms with Crippen LogP contribution in [0.15, 0.2) is 54.6 Å². The van der Waals surface area contributed by atoms with Crippen LogP contribution in [0, 0.1) is 0 Å². The van der Waals surface area contributed by atoms with Gasteiger partial charge in [0.1, 0.15) is 5.75 Å². The average Bonchev–Trinajstić information content (AvgIpc) is 2.40. The van der Waals surface area contributed by atoms with Crippen molar-refractivity contribution in [1.29, 1.82) is 0 Å². The maximum absolute atomic E-state index is 11.7. The van der Waals surface area contributed by atoms with Gasteiger partial charge in [0.15, 0.2) is 0 Å². The molecule has 2 aromatic rings. The van der Waals surface area contributed by atoms with E-state index >= 15 is 0 Å². The second-order valence-electron chi connectivity index (χ2n) is 4.24. The Bertz CT molecular complexity index is 538. The first kappa shape index (κ1) is 13.0. The van der Waals surface area contributed by atoms with Gasteiger partial charge in [0.05, 0.1) is 6.04 Å². The Hall–Kier alpha value is -2.49. The van der Waals surface area contributed by atoms with E-state index in [0.29, 0.717) is 11.4 Å². The molecule has 0 fully saturated rings. The van der Waals surface area contributed by atoms with Gasteiger partial charge < -0.3 is 15.8 Å². The van der Waals surface area contributed by atoms with E-state index < -0.39 is 6.09 Å². The molecule has 0 aliphatic heterocycles. The van der Waals surface area contributed by atoms with E-state index in [1.165, 1.54) is 0 Å².